The van der Waals surface area contributed by atoms with Crippen LogP contribution in [0.2, 0.25) is 0 Å². The van der Waals surface area contributed by atoms with Crippen LogP contribution < -0.4 is 10.1 Å². The Labute approximate surface area is 149 Å². The summed E-state index contributed by atoms with van der Waals surface area (Å²) in [7, 11) is 0. The van der Waals surface area contributed by atoms with E-state index in [-0.39, 0.29) is 5.91 Å². The van der Waals surface area contributed by atoms with Crippen molar-refractivity contribution in [1.29, 1.82) is 0 Å². The number of aryl methyl sites for hydroxylation is 1. The summed E-state index contributed by atoms with van der Waals surface area (Å²) in [4.78, 5) is 18.8. The third-order valence-corrected chi connectivity index (χ3v) is 5.16. The molecule has 0 spiro atoms. The summed E-state index contributed by atoms with van der Waals surface area (Å²) < 4.78 is 5.46. The molecule has 0 bridgehead atoms. The Balaban J connectivity index is 1.71. The number of hydrogen-bond donors (Lipinski definition) is 1. The number of benzene rings is 1. The molecule has 0 fully saturated rings. The summed E-state index contributed by atoms with van der Waals surface area (Å²) in [6.07, 6.45) is 0.384. The van der Waals surface area contributed by atoms with Crippen molar-refractivity contribution >= 4 is 33.7 Å². The summed E-state index contributed by atoms with van der Waals surface area (Å²) in [5.41, 5.74) is 1.92. The van der Waals surface area contributed by atoms with Gasteiger partial charge < -0.3 is 10.1 Å². The van der Waals surface area contributed by atoms with E-state index in [1.165, 1.54) is 11.3 Å². The Bertz CT molecular complexity index is 808. The second-order valence-corrected chi connectivity index (χ2v) is 7.42. The average molecular weight is 358 g/mol. The number of rotatable bonds is 6. The van der Waals surface area contributed by atoms with Crippen LogP contribution in [0.1, 0.15) is 16.7 Å². The van der Waals surface area contributed by atoms with Gasteiger partial charge in [0.05, 0.1) is 18.7 Å². The number of nitrogens with one attached hydrogen (secondary N) is 1. The highest BCUT2D eigenvalue weighted by Crippen LogP contribution is 2.31. The minimum atomic E-state index is -0.0376. The molecule has 6 heteroatoms. The minimum Gasteiger partial charge on any atom is -0.494 e. The summed E-state index contributed by atoms with van der Waals surface area (Å²) in [6.45, 7) is 4.62. The Kier molecular flexibility index (Phi) is 5.27. The molecule has 0 atom stereocenters. The van der Waals surface area contributed by atoms with Gasteiger partial charge in [0.2, 0.25) is 5.91 Å². The van der Waals surface area contributed by atoms with E-state index in [2.05, 4.69) is 10.3 Å². The van der Waals surface area contributed by atoms with Gasteiger partial charge in [-0.25, -0.2) is 4.98 Å². The van der Waals surface area contributed by atoms with Crippen molar-refractivity contribution < 1.29 is 9.53 Å². The summed E-state index contributed by atoms with van der Waals surface area (Å²) in [5.74, 6) is 0.808. The first-order valence-corrected chi connectivity index (χ1v) is 9.38. The SMILES string of the molecule is CCOc1ccc(-c2nc(NC(=O)Cc3cccs3)sc2C)cc1. The molecule has 3 aromatic rings. The standard InChI is InChI=1S/C18H18N2O2S2/c1-3-22-14-8-6-13(7-9-14)17-12(2)24-18(20-17)19-16(21)11-15-5-4-10-23-15/h4-10H,3,11H2,1-2H3,(H,19,20,21). The Hall–Kier alpha value is -2.18. The molecule has 124 valence electrons. The number of carbonyl (C=O) groups is 1. The quantitative estimate of drug-likeness (QED) is 0.691. The number of amides is 1. The highest BCUT2D eigenvalue weighted by atomic mass is 32.1. The van der Waals surface area contributed by atoms with Gasteiger partial charge in [-0.05, 0) is 49.6 Å². The molecule has 0 radical (unpaired) electrons. The maximum Gasteiger partial charge on any atom is 0.231 e. The first kappa shape index (κ1) is 16.7. The fourth-order valence-electron chi connectivity index (χ4n) is 2.33. The molecule has 0 aliphatic carbocycles. The minimum absolute atomic E-state index is 0.0376. The van der Waals surface area contributed by atoms with Crippen LogP contribution in [0.15, 0.2) is 41.8 Å². The second-order valence-electron chi connectivity index (χ2n) is 5.19. The zero-order valence-electron chi connectivity index (χ0n) is 13.5. The Morgan fingerprint density at radius 2 is 2.04 bits per heavy atom. The van der Waals surface area contributed by atoms with E-state index in [1.54, 1.807) is 11.3 Å². The summed E-state index contributed by atoms with van der Waals surface area (Å²) >= 11 is 3.08. The van der Waals surface area contributed by atoms with Gasteiger partial charge in [-0.1, -0.05) is 6.07 Å². The Morgan fingerprint density at radius 1 is 1.25 bits per heavy atom. The molecule has 1 aromatic carbocycles. The van der Waals surface area contributed by atoms with Crippen LogP contribution in [0, 0.1) is 6.92 Å². The first-order chi connectivity index (χ1) is 11.7. The van der Waals surface area contributed by atoms with E-state index in [1.807, 2.05) is 55.6 Å². The number of thiazole rings is 1. The largest absolute Gasteiger partial charge is 0.494 e. The van der Waals surface area contributed by atoms with Crippen molar-refractivity contribution in [3.8, 4) is 17.0 Å². The lowest BCUT2D eigenvalue weighted by molar-refractivity contribution is -0.115. The molecule has 1 amide bonds. The predicted molar refractivity (Wildman–Crippen MR) is 100 cm³/mol. The van der Waals surface area contributed by atoms with Crippen LogP contribution in [0.25, 0.3) is 11.3 Å². The van der Waals surface area contributed by atoms with E-state index in [0.717, 1.165) is 26.8 Å². The number of carbonyl (C=O) groups excluding carboxylic acids is 1. The van der Waals surface area contributed by atoms with Gasteiger partial charge in [0.15, 0.2) is 5.13 Å². The van der Waals surface area contributed by atoms with Gasteiger partial charge >= 0.3 is 0 Å². The fourth-order valence-corrected chi connectivity index (χ4v) is 3.88. The van der Waals surface area contributed by atoms with E-state index >= 15 is 0 Å². The molecule has 2 aromatic heterocycles. The van der Waals surface area contributed by atoms with Crippen molar-refractivity contribution in [1.82, 2.24) is 4.98 Å². The van der Waals surface area contributed by atoms with Gasteiger partial charge in [-0.3, -0.25) is 4.79 Å². The molecule has 1 N–H and O–H groups in total. The van der Waals surface area contributed by atoms with E-state index < -0.39 is 0 Å². The number of anilines is 1. The van der Waals surface area contributed by atoms with E-state index in [4.69, 9.17) is 4.74 Å². The van der Waals surface area contributed by atoms with Crippen molar-refractivity contribution in [2.45, 2.75) is 20.3 Å². The molecule has 2 heterocycles. The van der Waals surface area contributed by atoms with Crippen LogP contribution >= 0.6 is 22.7 Å². The average Bonchev–Trinajstić information content (AvgIpc) is 3.18. The number of thiophene rings is 1. The van der Waals surface area contributed by atoms with E-state index in [9.17, 15) is 4.79 Å². The lowest BCUT2D eigenvalue weighted by Gasteiger charge is -2.04. The van der Waals surface area contributed by atoms with Crippen LogP contribution in [0.3, 0.4) is 0 Å². The normalized spacial score (nSPS) is 10.6. The molecule has 0 saturated carbocycles. The second kappa shape index (κ2) is 7.59. The van der Waals surface area contributed by atoms with Crippen LogP contribution in [-0.2, 0) is 11.2 Å². The maximum absolute atomic E-state index is 12.1. The van der Waals surface area contributed by atoms with Crippen molar-refractivity contribution in [2.75, 3.05) is 11.9 Å². The lowest BCUT2D eigenvalue weighted by atomic mass is 10.1. The predicted octanol–water partition coefficient (Wildman–Crippen LogP) is 4.76. The number of nitrogens with zero attached hydrogens (tertiary/aromatic N) is 1. The van der Waals surface area contributed by atoms with Gasteiger partial charge in [-0.15, -0.1) is 22.7 Å². The third kappa shape index (κ3) is 4.01. The summed E-state index contributed by atoms with van der Waals surface area (Å²) in [5, 5.41) is 5.50. The van der Waals surface area contributed by atoms with Gasteiger partial charge in [0, 0.05) is 15.3 Å². The molecule has 0 unspecified atom stereocenters. The zero-order chi connectivity index (χ0) is 16.9. The molecule has 24 heavy (non-hydrogen) atoms. The van der Waals surface area contributed by atoms with Crippen LogP contribution in [0.5, 0.6) is 5.75 Å². The molecule has 3 rings (SSSR count). The third-order valence-electron chi connectivity index (χ3n) is 3.40. The highest BCUT2D eigenvalue weighted by Gasteiger charge is 2.13. The number of hydrogen-bond acceptors (Lipinski definition) is 5. The maximum atomic E-state index is 12.1. The van der Waals surface area contributed by atoms with Crippen LogP contribution in [-0.4, -0.2) is 17.5 Å². The fraction of sp³-hybridized carbons (Fsp3) is 0.222. The lowest BCUT2D eigenvalue weighted by Crippen LogP contribution is -2.13. The number of aromatic nitrogens is 1. The van der Waals surface area contributed by atoms with E-state index in [0.29, 0.717) is 18.2 Å². The molecule has 4 nitrogen and oxygen atoms in total. The van der Waals surface area contributed by atoms with Crippen molar-refractivity contribution in [3.63, 3.8) is 0 Å². The zero-order valence-corrected chi connectivity index (χ0v) is 15.2. The topological polar surface area (TPSA) is 51.2 Å². The molecular weight excluding hydrogens is 340 g/mol. The van der Waals surface area contributed by atoms with Crippen LogP contribution in [0.4, 0.5) is 5.13 Å². The molecule has 0 aliphatic heterocycles. The highest BCUT2D eigenvalue weighted by molar-refractivity contribution is 7.16. The Morgan fingerprint density at radius 3 is 2.71 bits per heavy atom. The van der Waals surface area contributed by atoms with Gasteiger partial charge in [0.25, 0.3) is 0 Å². The molecule has 0 aliphatic rings. The first-order valence-electron chi connectivity index (χ1n) is 7.68. The monoisotopic (exact) mass is 358 g/mol. The van der Waals surface area contributed by atoms with Crippen molar-refractivity contribution in [2.24, 2.45) is 0 Å². The summed E-state index contributed by atoms with van der Waals surface area (Å²) in [6, 6.07) is 11.8. The van der Waals surface area contributed by atoms with Crippen molar-refractivity contribution in [3.05, 3.63) is 51.5 Å². The van der Waals surface area contributed by atoms with Gasteiger partial charge in [0.1, 0.15) is 5.75 Å². The molecular formula is C18H18N2O2S2. The smallest absolute Gasteiger partial charge is 0.231 e. The number of ether oxygens (including phenoxy) is 1. The molecule has 0 saturated heterocycles. The van der Waals surface area contributed by atoms with Gasteiger partial charge in [-0.2, -0.15) is 0 Å².